The number of para-hydroxylation sites is 1. The van der Waals surface area contributed by atoms with Gasteiger partial charge in [0, 0.05) is 18.5 Å². The average Bonchev–Trinajstić information content (AvgIpc) is 2.60. The van der Waals surface area contributed by atoms with Gasteiger partial charge in [0.15, 0.2) is 5.82 Å². The van der Waals surface area contributed by atoms with Gasteiger partial charge in [0.05, 0.1) is 11.1 Å². The molecule has 1 aliphatic heterocycles. The molecule has 4 heteroatoms. The van der Waals surface area contributed by atoms with Gasteiger partial charge in [-0.05, 0) is 42.5 Å². The molecule has 0 saturated carbocycles. The number of fused-ring (bicyclic) bond motifs is 1. The standard InChI is InChI=1S/C21H22FN3/c1-14-11-15(2)13-25(12-14)21-17-8-4-6-10-19(17)23-20(24-21)16-7-3-5-9-18(16)22/h3-10,14-15H,11-13H2,1-2H3/t14-,15-/m1/s1. The van der Waals surface area contributed by atoms with E-state index in [-0.39, 0.29) is 5.82 Å². The van der Waals surface area contributed by atoms with E-state index in [9.17, 15) is 4.39 Å². The Hall–Kier alpha value is -2.49. The van der Waals surface area contributed by atoms with Gasteiger partial charge in [-0.25, -0.2) is 14.4 Å². The zero-order valence-corrected chi connectivity index (χ0v) is 14.6. The summed E-state index contributed by atoms with van der Waals surface area (Å²) in [5, 5.41) is 1.03. The normalized spacial score (nSPS) is 20.8. The van der Waals surface area contributed by atoms with Crippen LogP contribution in [0, 0.1) is 17.7 Å². The van der Waals surface area contributed by atoms with Crippen LogP contribution in [0.1, 0.15) is 20.3 Å². The lowest BCUT2D eigenvalue weighted by Crippen LogP contribution is -2.39. The highest BCUT2D eigenvalue weighted by molar-refractivity contribution is 5.91. The van der Waals surface area contributed by atoms with Crippen molar-refractivity contribution in [3.05, 3.63) is 54.3 Å². The van der Waals surface area contributed by atoms with E-state index in [0.717, 1.165) is 29.8 Å². The van der Waals surface area contributed by atoms with Gasteiger partial charge in [-0.2, -0.15) is 0 Å². The summed E-state index contributed by atoms with van der Waals surface area (Å²) in [5.41, 5.74) is 1.31. The summed E-state index contributed by atoms with van der Waals surface area (Å²) in [5.74, 6) is 2.33. The van der Waals surface area contributed by atoms with Gasteiger partial charge in [-0.1, -0.05) is 38.1 Å². The Morgan fingerprint density at radius 3 is 2.36 bits per heavy atom. The van der Waals surface area contributed by atoms with Crippen LogP contribution in [-0.4, -0.2) is 23.1 Å². The van der Waals surface area contributed by atoms with Crippen LogP contribution in [0.5, 0.6) is 0 Å². The monoisotopic (exact) mass is 335 g/mol. The van der Waals surface area contributed by atoms with Gasteiger partial charge < -0.3 is 4.90 Å². The fourth-order valence-electron chi connectivity index (χ4n) is 3.90. The summed E-state index contributed by atoms with van der Waals surface area (Å²) in [6.07, 6.45) is 1.24. The highest BCUT2D eigenvalue weighted by Crippen LogP contribution is 2.32. The molecule has 3 nitrogen and oxygen atoms in total. The third kappa shape index (κ3) is 3.09. The average molecular weight is 335 g/mol. The van der Waals surface area contributed by atoms with E-state index in [0.29, 0.717) is 23.2 Å². The lowest BCUT2D eigenvalue weighted by atomic mass is 9.92. The van der Waals surface area contributed by atoms with Crippen molar-refractivity contribution in [2.45, 2.75) is 20.3 Å². The smallest absolute Gasteiger partial charge is 0.165 e. The quantitative estimate of drug-likeness (QED) is 0.666. The molecule has 25 heavy (non-hydrogen) atoms. The molecule has 1 aromatic heterocycles. The van der Waals surface area contributed by atoms with Crippen LogP contribution < -0.4 is 4.90 Å². The van der Waals surface area contributed by atoms with Crippen LogP contribution in [0.2, 0.25) is 0 Å². The molecule has 1 aliphatic rings. The molecule has 4 rings (SSSR count). The molecule has 128 valence electrons. The number of hydrogen-bond donors (Lipinski definition) is 0. The Labute approximate surface area is 147 Å². The number of halogens is 1. The summed E-state index contributed by atoms with van der Waals surface area (Å²) in [6.45, 7) is 6.51. The number of aromatic nitrogens is 2. The van der Waals surface area contributed by atoms with Gasteiger partial charge in [-0.3, -0.25) is 0 Å². The van der Waals surface area contributed by atoms with Crippen molar-refractivity contribution >= 4 is 16.7 Å². The van der Waals surface area contributed by atoms with E-state index in [4.69, 9.17) is 4.98 Å². The fourth-order valence-corrected chi connectivity index (χ4v) is 3.90. The Kier molecular flexibility index (Phi) is 4.12. The van der Waals surface area contributed by atoms with Crippen LogP contribution in [0.4, 0.5) is 10.2 Å². The SMILES string of the molecule is C[C@@H]1C[C@@H](C)CN(c2nc(-c3ccccc3F)nc3ccccc23)C1. The van der Waals surface area contributed by atoms with E-state index in [1.165, 1.54) is 12.5 Å². The molecular weight excluding hydrogens is 313 g/mol. The fraction of sp³-hybridized carbons (Fsp3) is 0.333. The summed E-state index contributed by atoms with van der Waals surface area (Å²) in [4.78, 5) is 11.8. The second kappa shape index (κ2) is 6.43. The molecule has 0 aliphatic carbocycles. The second-order valence-electron chi connectivity index (χ2n) is 7.22. The zero-order chi connectivity index (χ0) is 17.4. The first-order valence-corrected chi connectivity index (χ1v) is 8.88. The number of hydrogen-bond acceptors (Lipinski definition) is 3. The summed E-state index contributed by atoms with van der Waals surface area (Å²) in [6, 6.07) is 14.7. The van der Waals surface area contributed by atoms with Gasteiger partial charge in [0.25, 0.3) is 0 Å². The molecule has 0 amide bonds. The van der Waals surface area contributed by atoms with Crippen LogP contribution in [-0.2, 0) is 0 Å². The Morgan fingerprint density at radius 2 is 1.60 bits per heavy atom. The minimum Gasteiger partial charge on any atom is -0.355 e. The summed E-state index contributed by atoms with van der Waals surface area (Å²) >= 11 is 0. The van der Waals surface area contributed by atoms with Gasteiger partial charge >= 0.3 is 0 Å². The highest BCUT2D eigenvalue weighted by Gasteiger charge is 2.25. The molecule has 3 aromatic rings. The number of anilines is 1. The van der Waals surface area contributed by atoms with Crippen molar-refractivity contribution in [3.8, 4) is 11.4 Å². The molecule has 2 aromatic carbocycles. The van der Waals surface area contributed by atoms with Crippen molar-refractivity contribution < 1.29 is 4.39 Å². The predicted molar refractivity (Wildman–Crippen MR) is 100 cm³/mol. The molecule has 2 heterocycles. The van der Waals surface area contributed by atoms with Crippen molar-refractivity contribution in [1.82, 2.24) is 9.97 Å². The summed E-state index contributed by atoms with van der Waals surface area (Å²) < 4.78 is 14.3. The highest BCUT2D eigenvalue weighted by atomic mass is 19.1. The third-order valence-corrected chi connectivity index (χ3v) is 4.87. The Morgan fingerprint density at radius 1 is 0.920 bits per heavy atom. The molecule has 0 bridgehead atoms. The second-order valence-corrected chi connectivity index (χ2v) is 7.22. The first-order valence-electron chi connectivity index (χ1n) is 8.88. The van der Waals surface area contributed by atoms with Crippen LogP contribution in [0.3, 0.4) is 0 Å². The minimum absolute atomic E-state index is 0.288. The first kappa shape index (κ1) is 16.0. The number of piperidine rings is 1. The summed E-state index contributed by atoms with van der Waals surface area (Å²) in [7, 11) is 0. The van der Waals surface area contributed by atoms with Crippen LogP contribution in [0.15, 0.2) is 48.5 Å². The molecule has 0 N–H and O–H groups in total. The lowest BCUT2D eigenvalue weighted by molar-refractivity contribution is 0.356. The largest absolute Gasteiger partial charge is 0.355 e. The van der Waals surface area contributed by atoms with Gasteiger partial charge in [0.1, 0.15) is 11.6 Å². The minimum atomic E-state index is -0.288. The first-order chi connectivity index (χ1) is 12.1. The van der Waals surface area contributed by atoms with E-state index < -0.39 is 0 Å². The van der Waals surface area contributed by atoms with E-state index in [1.807, 2.05) is 24.3 Å². The maximum atomic E-state index is 14.3. The van der Waals surface area contributed by atoms with Crippen LogP contribution >= 0.6 is 0 Å². The maximum Gasteiger partial charge on any atom is 0.165 e. The van der Waals surface area contributed by atoms with Gasteiger partial charge in [-0.15, -0.1) is 0 Å². The van der Waals surface area contributed by atoms with Crippen molar-refractivity contribution in [2.75, 3.05) is 18.0 Å². The Balaban J connectivity index is 1.89. The third-order valence-electron chi connectivity index (χ3n) is 4.87. The topological polar surface area (TPSA) is 29.0 Å². The maximum absolute atomic E-state index is 14.3. The van der Waals surface area contributed by atoms with Crippen molar-refractivity contribution in [1.29, 1.82) is 0 Å². The molecule has 0 spiro atoms. The molecule has 1 fully saturated rings. The van der Waals surface area contributed by atoms with E-state index >= 15 is 0 Å². The van der Waals surface area contributed by atoms with Crippen molar-refractivity contribution in [2.24, 2.45) is 11.8 Å². The zero-order valence-electron chi connectivity index (χ0n) is 14.6. The molecule has 0 radical (unpaired) electrons. The molecule has 0 unspecified atom stereocenters. The van der Waals surface area contributed by atoms with E-state index in [1.54, 1.807) is 12.1 Å². The van der Waals surface area contributed by atoms with E-state index in [2.05, 4.69) is 29.8 Å². The lowest BCUT2D eigenvalue weighted by Gasteiger charge is -2.36. The van der Waals surface area contributed by atoms with Gasteiger partial charge in [0.2, 0.25) is 0 Å². The number of rotatable bonds is 2. The Bertz CT molecular complexity index is 899. The van der Waals surface area contributed by atoms with Crippen molar-refractivity contribution in [3.63, 3.8) is 0 Å². The molecule has 1 saturated heterocycles. The number of benzene rings is 2. The predicted octanol–water partition coefficient (Wildman–Crippen LogP) is 4.92. The van der Waals surface area contributed by atoms with Crippen LogP contribution in [0.25, 0.3) is 22.3 Å². The number of nitrogens with zero attached hydrogens (tertiary/aromatic N) is 3. The molecular formula is C21H22FN3. The molecule has 2 atom stereocenters.